The zero-order chi connectivity index (χ0) is 22.7. The van der Waals surface area contributed by atoms with E-state index in [0.29, 0.717) is 43.8 Å². The highest BCUT2D eigenvalue weighted by Gasteiger charge is 2.52. The molecule has 186 valence electrons. The van der Waals surface area contributed by atoms with Crippen molar-refractivity contribution in [1.29, 1.82) is 0 Å². The maximum Gasteiger partial charge on any atom is 0.213 e. The molecule has 1 aromatic heterocycles. The molecule has 2 heterocycles. The van der Waals surface area contributed by atoms with Gasteiger partial charge in [0.2, 0.25) is 5.88 Å². The van der Waals surface area contributed by atoms with Crippen molar-refractivity contribution in [3.8, 4) is 5.88 Å². The molecule has 0 radical (unpaired) electrons. The number of fused-ring (bicyclic) bond motifs is 1. The summed E-state index contributed by atoms with van der Waals surface area (Å²) < 4.78 is 16.1. The Morgan fingerprint density at radius 1 is 1.06 bits per heavy atom. The molecule has 6 nitrogen and oxygen atoms in total. The average Bonchev–Trinajstić information content (AvgIpc) is 2.85. The minimum atomic E-state index is 0. The number of anilines is 2. The fourth-order valence-electron chi connectivity index (χ4n) is 6.43. The summed E-state index contributed by atoms with van der Waals surface area (Å²) in [5, 5.41) is 3.58. The first-order chi connectivity index (χ1) is 16.2. The number of halogens is 1. The van der Waals surface area contributed by atoms with E-state index in [-0.39, 0.29) is 12.4 Å². The number of rotatable bonds is 9. The molecule has 5 rings (SSSR count). The molecule has 1 aliphatic heterocycles. The van der Waals surface area contributed by atoms with Crippen LogP contribution in [0.5, 0.6) is 5.88 Å². The molecule has 0 spiro atoms. The van der Waals surface area contributed by atoms with Crippen molar-refractivity contribution in [3.05, 3.63) is 47.7 Å². The fraction of sp³-hybridized carbons (Fsp3) is 0.593. The average molecular weight is 488 g/mol. The van der Waals surface area contributed by atoms with Crippen molar-refractivity contribution in [1.82, 2.24) is 9.88 Å². The van der Waals surface area contributed by atoms with Gasteiger partial charge in [-0.3, -0.25) is 0 Å². The highest BCUT2D eigenvalue weighted by atomic mass is 35.5. The van der Waals surface area contributed by atoms with E-state index in [1.54, 1.807) is 18.2 Å². The predicted molar refractivity (Wildman–Crippen MR) is 138 cm³/mol. The third-order valence-electron chi connectivity index (χ3n) is 8.05. The second kappa shape index (κ2) is 11.3. The number of aromatic nitrogens is 1. The standard InChI is InChI=1S/C27H37N3O3.ClH/c1-30-12-11-27-10-4-3-5-23(27)25(30)17-20-6-7-21(18-24(20)27)29-22-8-9-26(28-19-22)33-16-15-32-14-13-31-2;/h6-9,18-19,23,25,29H,3-5,10-17H2,1-2H3;1H/t23-,25+,27+;/m0./s1. The van der Waals surface area contributed by atoms with Crippen LogP contribution in [-0.2, 0) is 21.3 Å². The molecule has 2 aliphatic carbocycles. The van der Waals surface area contributed by atoms with Gasteiger partial charge in [-0.05, 0) is 74.5 Å². The van der Waals surface area contributed by atoms with Crippen molar-refractivity contribution >= 4 is 23.8 Å². The van der Waals surface area contributed by atoms with Crippen LogP contribution in [0.25, 0.3) is 0 Å². The summed E-state index contributed by atoms with van der Waals surface area (Å²) >= 11 is 0. The van der Waals surface area contributed by atoms with Gasteiger partial charge >= 0.3 is 0 Å². The Labute approximate surface area is 209 Å². The first-order valence-corrected chi connectivity index (χ1v) is 12.5. The number of methoxy groups -OCH3 is 1. The number of likely N-dealkylation sites (N-methyl/N-ethyl adjacent to an activating group) is 1. The Morgan fingerprint density at radius 2 is 1.91 bits per heavy atom. The Balaban J connectivity index is 0.00000274. The van der Waals surface area contributed by atoms with Crippen molar-refractivity contribution in [2.75, 3.05) is 52.4 Å². The lowest BCUT2D eigenvalue weighted by Crippen LogP contribution is -2.59. The van der Waals surface area contributed by atoms with E-state index in [4.69, 9.17) is 14.2 Å². The van der Waals surface area contributed by atoms with Gasteiger partial charge in [0.1, 0.15) is 6.61 Å². The van der Waals surface area contributed by atoms with Crippen LogP contribution in [0.15, 0.2) is 36.5 Å². The van der Waals surface area contributed by atoms with Gasteiger partial charge in [0.15, 0.2) is 0 Å². The summed E-state index contributed by atoms with van der Waals surface area (Å²) in [5.41, 5.74) is 5.69. The maximum atomic E-state index is 5.67. The van der Waals surface area contributed by atoms with Crippen LogP contribution in [0.1, 0.15) is 43.2 Å². The minimum Gasteiger partial charge on any atom is -0.475 e. The number of pyridine rings is 1. The number of nitrogens with zero attached hydrogens (tertiary/aromatic N) is 2. The highest BCUT2D eigenvalue weighted by molar-refractivity contribution is 5.85. The number of nitrogens with one attached hydrogen (secondary N) is 1. The van der Waals surface area contributed by atoms with Gasteiger partial charge in [0.25, 0.3) is 0 Å². The molecule has 2 aromatic rings. The molecule has 1 N–H and O–H groups in total. The smallest absolute Gasteiger partial charge is 0.213 e. The largest absolute Gasteiger partial charge is 0.475 e. The third kappa shape index (κ3) is 5.06. The molecule has 2 bridgehead atoms. The number of hydrogen-bond acceptors (Lipinski definition) is 6. The number of benzene rings is 1. The van der Waals surface area contributed by atoms with Gasteiger partial charge in [-0.2, -0.15) is 0 Å². The van der Waals surface area contributed by atoms with Gasteiger partial charge in [-0.1, -0.05) is 18.9 Å². The maximum absolute atomic E-state index is 5.67. The van der Waals surface area contributed by atoms with Crippen molar-refractivity contribution in [2.45, 2.75) is 50.0 Å². The van der Waals surface area contributed by atoms with Gasteiger partial charge in [-0.15, -0.1) is 12.4 Å². The second-order valence-electron chi connectivity index (χ2n) is 9.85. The molecule has 2 fully saturated rings. The highest BCUT2D eigenvalue weighted by Crippen LogP contribution is 2.55. The van der Waals surface area contributed by atoms with E-state index in [0.717, 1.165) is 17.3 Å². The quantitative estimate of drug-likeness (QED) is 0.503. The van der Waals surface area contributed by atoms with E-state index in [2.05, 4.69) is 40.4 Å². The number of piperidine rings is 1. The van der Waals surface area contributed by atoms with Crippen LogP contribution in [0.3, 0.4) is 0 Å². The lowest BCUT2D eigenvalue weighted by Gasteiger charge is -2.58. The molecule has 3 aliphatic rings. The molecule has 7 heteroatoms. The second-order valence-corrected chi connectivity index (χ2v) is 9.85. The molecule has 0 amide bonds. The molecule has 3 atom stereocenters. The summed E-state index contributed by atoms with van der Waals surface area (Å²) in [6.45, 7) is 3.41. The van der Waals surface area contributed by atoms with Crippen molar-refractivity contribution < 1.29 is 14.2 Å². The summed E-state index contributed by atoms with van der Waals surface area (Å²) in [7, 11) is 4.00. The van der Waals surface area contributed by atoms with Gasteiger partial charge in [0, 0.05) is 30.3 Å². The third-order valence-corrected chi connectivity index (χ3v) is 8.05. The van der Waals surface area contributed by atoms with E-state index >= 15 is 0 Å². The summed E-state index contributed by atoms with van der Waals surface area (Å²) in [6.07, 6.45) is 9.82. The summed E-state index contributed by atoms with van der Waals surface area (Å²) in [4.78, 5) is 7.08. The summed E-state index contributed by atoms with van der Waals surface area (Å²) in [6, 6.07) is 11.7. The van der Waals surface area contributed by atoms with Crippen molar-refractivity contribution in [2.24, 2.45) is 5.92 Å². The van der Waals surface area contributed by atoms with E-state index in [1.165, 1.54) is 45.1 Å². The van der Waals surface area contributed by atoms with Crippen LogP contribution in [0, 0.1) is 5.92 Å². The molecule has 1 saturated carbocycles. The van der Waals surface area contributed by atoms with E-state index in [9.17, 15) is 0 Å². The lowest BCUT2D eigenvalue weighted by atomic mass is 9.52. The number of hydrogen-bond donors (Lipinski definition) is 1. The van der Waals surface area contributed by atoms with Crippen LogP contribution < -0.4 is 10.1 Å². The van der Waals surface area contributed by atoms with Crippen LogP contribution in [-0.4, -0.2) is 63.1 Å². The summed E-state index contributed by atoms with van der Waals surface area (Å²) in [5.74, 6) is 1.42. The molecule has 34 heavy (non-hydrogen) atoms. The first kappa shape index (κ1) is 25.2. The minimum absolute atomic E-state index is 0. The molecule has 1 saturated heterocycles. The fourth-order valence-corrected chi connectivity index (χ4v) is 6.43. The monoisotopic (exact) mass is 487 g/mol. The molecular formula is C27H38ClN3O3. The Morgan fingerprint density at radius 3 is 2.74 bits per heavy atom. The van der Waals surface area contributed by atoms with Crippen molar-refractivity contribution in [3.63, 3.8) is 0 Å². The van der Waals surface area contributed by atoms with Crippen LogP contribution in [0.4, 0.5) is 11.4 Å². The van der Waals surface area contributed by atoms with Crippen LogP contribution >= 0.6 is 12.4 Å². The lowest BCUT2D eigenvalue weighted by molar-refractivity contribution is 0.00290. The molecular weight excluding hydrogens is 450 g/mol. The van der Waals surface area contributed by atoms with Crippen LogP contribution in [0.2, 0.25) is 0 Å². The molecule has 0 unspecified atom stereocenters. The Kier molecular flexibility index (Phi) is 8.35. The van der Waals surface area contributed by atoms with E-state index in [1.807, 2.05) is 18.3 Å². The SMILES string of the molecule is COCCOCCOc1ccc(Nc2ccc3c(c2)[C@@]24CCCC[C@H]2[C@@H](C3)N(C)CC4)cn1.Cl. The first-order valence-electron chi connectivity index (χ1n) is 12.5. The topological polar surface area (TPSA) is 55.9 Å². The Bertz CT molecular complexity index is 941. The predicted octanol–water partition coefficient (Wildman–Crippen LogP) is 4.98. The zero-order valence-electron chi connectivity index (χ0n) is 20.4. The molecule has 1 aromatic carbocycles. The normalized spacial score (nSPS) is 25.6. The van der Waals surface area contributed by atoms with Gasteiger partial charge in [-0.25, -0.2) is 4.98 Å². The van der Waals surface area contributed by atoms with Gasteiger partial charge < -0.3 is 24.4 Å². The number of likely N-dealkylation sites (tertiary alicyclic amines) is 1. The van der Waals surface area contributed by atoms with E-state index < -0.39 is 0 Å². The van der Waals surface area contributed by atoms with Gasteiger partial charge in [0.05, 0.1) is 31.7 Å². The zero-order valence-corrected chi connectivity index (χ0v) is 21.2. The Hall–Kier alpha value is -1.86. The number of ether oxygens (including phenoxy) is 3.